The second kappa shape index (κ2) is 11.0. The van der Waals surface area contributed by atoms with Gasteiger partial charge < -0.3 is 19.3 Å². The fraction of sp³-hybridized carbons (Fsp3) is 0.588. The van der Waals surface area contributed by atoms with Gasteiger partial charge in [-0.2, -0.15) is 0 Å². The molecule has 43 heavy (non-hydrogen) atoms. The van der Waals surface area contributed by atoms with Gasteiger partial charge in [0.15, 0.2) is 23.7 Å². The summed E-state index contributed by atoms with van der Waals surface area (Å²) in [7, 11) is 0. The molecule has 8 atom stereocenters. The van der Waals surface area contributed by atoms with Gasteiger partial charge in [0.25, 0.3) is 0 Å². The van der Waals surface area contributed by atoms with E-state index in [2.05, 4.69) is 0 Å². The van der Waals surface area contributed by atoms with E-state index in [-0.39, 0.29) is 18.6 Å². The zero-order valence-electron chi connectivity index (χ0n) is 25.4. The van der Waals surface area contributed by atoms with Crippen LogP contribution in [-0.2, 0) is 35.0 Å². The lowest BCUT2D eigenvalue weighted by molar-refractivity contribution is -0.222. The van der Waals surface area contributed by atoms with Crippen molar-refractivity contribution in [3.8, 4) is 0 Å². The molecule has 3 saturated carbocycles. The van der Waals surface area contributed by atoms with Gasteiger partial charge >= 0.3 is 12.1 Å². The molecule has 1 aromatic rings. The summed E-state index contributed by atoms with van der Waals surface area (Å²) in [5.41, 5.74) is -4.98. The Morgan fingerprint density at radius 1 is 1.12 bits per heavy atom. The van der Waals surface area contributed by atoms with E-state index in [0.717, 1.165) is 5.56 Å². The number of ether oxygens (including phenoxy) is 3. The highest BCUT2D eigenvalue weighted by Gasteiger charge is 2.77. The van der Waals surface area contributed by atoms with E-state index in [9.17, 15) is 24.3 Å². The number of aliphatic hydroxyl groups is 1. The number of rotatable bonds is 7. The molecule has 4 aliphatic carbocycles. The van der Waals surface area contributed by atoms with Gasteiger partial charge in [-0.1, -0.05) is 55.8 Å². The van der Waals surface area contributed by atoms with E-state index in [1.165, 1.54) is 12.2 Å². The number of fused-ring (bicyclic) bond motifs is 5. The molecule has 0 spiro atoms. The lowest BCUT2D eigenvalue weighted by Gasteiger charge is -2.62. The molecule has 0 saturated heterocycles. The molecule has 1 N–H and O–H groups in total. The van der Waals surface area contributed by atoms with Crippen molar-refractivity contribution in [3.05, 3.63) is 59.7 Å². The van der Waals surface area contributed by atoms with Crippen LogP contribution in [0, 0.1) is 28.6 Å². The minimum absolute atomic E-state index is 0.0393. The normalized spacial score (nSPS) is 38.0. The van der Waals surface area contributed by atoms with E-state index < -0.39 is 76.6 Å². The van der Waals surface area contributed by atoms with Gasteiger partial charge in [0.2, 0.25) is 5.78 Å². The van der Waals surface area contributed by atoms with Crippen molar-refractivity contribution < 1.29 is 42.9 Å². The van der Waals surface area contributed by atoms with Crippen LogP contribution < -0.4 is 0 Å². The summed E-state index contributed by atoms with van der Waals surface area (Å²) in [6.45, 7) is 7.93. The van der Waals surface area contributed by atoms with Crippen LogP contribution in [0.4, 0.5) is 9.18 Å². The fourth-order valence-electron chi connectivity index (χ4n) is 8.81. The molecule has 0 heterocycles. The standard InChI is InChI=1S/C34H41FO8/c1-20(2)42-30(40)43-34(28(38)19-41-29(39)16-22-9-7-6-8-10-22)21(3)15-26-25-12-11-23-17-24(36)13-14-31(23,4)33(25,35)27(37)18-32(26,34)5/h6-10,13-14,17,20-21,25-27,37H,11-12,15-16,18-19H2,1-5H3/t21-,25+,26+,27+,31+,32+,33+,34+/m1/s1. The predicted octanol–water partition coefficient (Wildman–Crippen LogP) is 5.26. The number of carbonyl (C=O) groups excluding carboxylic acids is 4. The van der Waals surface area contributed by atoms with Crippen LogP contribution in [0.25, 0.3) is 0 Å². The molecule has 4 aliphatic rings. The maximum atomic E-state index is 17.6. The molecular formula is C34H41FO8. The zero-order valence-corrected chi connectivity index (χ0v) is 25.4. The minimum Gasteiger partial charge on any atom is -0.457 e. The number of aliphatic hydroxyl groups excluding tert-OH is 1. The van der Waals surface area contributed by atoms with Crippen molar-refractivity contribution in [1.82, 2.24) is 0 Å². The topological polar surface area (TPSA) is 116 Å². The Morgan fingerprint density at radius 2 is 1.81 bits per heavy atom. The molecule has 0 bridgehead atoms. The second-order valence-corrected chi connectivity index (χ2v) is 13.4. The number of benzene rings is 1. The minimum atomic E-state index is -2.11. The SMILES string of the molecule is CC(C)OC(=O)O[C@]1(C(=O)COC(=O)Cc2ccccc2)[C@H](C)C[C@H]2[C@@H]3CCC4=CC(=O)C=C[C@]4(C)[C@@]3(F)[C@@H](O)C[C@@]21C. The maximum Gasteiger partial charge on any atom is 0.509 e. The number of halogens is 1. The molecule has 0 aromatic heterocycles. The molecule has 232 valence electrons. The van der Waals surface area contributed by atoms with Crippen LogP contribution in [0.2, 0.25) is 0 Å². The van der Waals surface area contributed by atoms with Gasteiger partial charge in [-0.25, -0.2) is 9.18 Å². The molecule has 8 nitrogen and oxygen atoms in total. The monoisotopic (exact) mass is 596 g/mol. The largest absolute Gasteiger partial charge is 0.509 e. The number of hydrogen-bond donors (Lipinski definition) is 1. The molecule has 5 rings (SSSR count). The first kappa shape index (κ1) is 31.1. The van der Waals surface area contributed by atoms with E-state index in [0.29, 0.717) is 24.8 Å². The Balaban J connectivity index is 1.50. The zero-order chi connectivity index (χ0) is 31.4. The molecule has 1 aromatic carbocycles. The van der Waals surface area contributed by atoms with E-state index in [4.69, 9.17) is 14.2 Å². The van der Waals surface area contributed by atoms with Crippen LogP contribution in [0.3, 0.4) is 0 Å². The lowest BCUT2D eigenvalue weighted by atomic mass is 9.44. The fourth-order valence-corrected chi connectivity index (χ4v) is 8.81. The smallest absolute Gasteiger partial charge is 0.457 e. The second-order valence-electron chi connectivity index (χ2n) is 13.4. The Labute approximate surface area is 251 Å². The third kappa shape index (κ3) is 4.75. The van der Waals surface area contributed by atoms with E-state index >= 15 is 4.39 Å². The first-order chi connectivity index (χ1) is 20.2. The number of Topliss-reactive ketones (excluding diaryl/α,β-unsaturated/α-hetero) is 1. The van der Waals surface area contributed by atoms with Gasteiger partial charge in [0.05, 0.1) is 18.6 Å². The van der Waals surface area contributed by atoms with Gasteiger partial charge in [-0.05, 0) is 70.1 Å². The first-order valence-corrected chi connectivity index (χ1v) is 15.1. The van der Waals surface area contributed by atoms with E-state index in [1.54, 1.807) is 65.0 Å². The van der Waals surface area contributed by atoms with Crippen molar-refractivity contribution in [2.75, 3.05) is 6.61 Å². The molecule has 0 unspecified atom stereocenters. The summed E-state index contributed by atoms with van der Waals surface area (Å²) in [6.07, 6.45) is 2.23. The first-order valence-electron chi connectivity index (χ1n) is 15.1. The summed E-state index contributed by atoms with van der Waals surface area (Å²) in [4.78, 5) is 52.2. The van der Waals surface area contributed by atoms with Gasteiger partial charge in [0, 0.05) is 22.7 Å². The van der Waals surface area contributed by atoms with Crippen LogP contribution in [0.1, 0.15) is 65.9 Å². The Bertz CT molecular complexity index is 1370. The molecule has 9 heteroatoms. The third-order valence-electron chi connectivity index (χ3n) is 10.7. The number of esters is 1. The number of ketones is 2. The summed E-state index contributed by atoms with van der Waals surface area (Å²) in [5.74, 6) is -3.19. The molecule has 0 amide bonds. The average molecular weight is 597 g/mol. The number of alkyl halides is 1. The van der Waals surface area contributed by atoms with Crippen molar-refractivity contribution in [2.24, 2.45) is 28.6 Å². The Hall–Kier alpha value is -3.33. The van der Waals surface area contributed by atoms with Gasteiger partial charge in [-0.3, -0.25) is 14.4 Å². The van der Waals surface area contributed by atoms with Crippen LogP contribution in [0.15, 0.2) is 54.1 Å². The number of carbonyl (C=O) groups is 4. The van der Waals surface area contributed by atoms with Crippen molar-refractivity contribution in [3.63, 3.8) is 0 Å². The Morgan fingerprint density at radius 3 is 2.49 bits per heavy atom. The molecular weight excluding hydrogens is 555 g/mol. The van der Waals surface area contributed by atoms with Gasteiger partial charge in [0.1, 0.15) is 0 Å². The summed E-state index contributed by atoms with van der Waals surface area (Å²) in [5, 5.41) is 11.7. The van der Waals surface area contributed by atoms with E-state index in [1.807, 2.05) is 6.07 Å². The third-order valence-corrected chi connectivity index (χ3v) is 10.7. The van der Waals surface area contributed by atoms with Crippen molar-refractivity contribution in [2.45, 2.75) is 90.2 Å². The molecule has 0 radical (unpaired) electrons. The highest BCUT2D eigenvalue weighted by Crippen LogP contribution is 2.71. The highest BCUT2D eigenvalue weighted by molar-refractivity contribution is 6.01. The Kier molecular flexibility index (Phi) is 7.95. The maximum absolute atomic E-state index is 17.6. The summed E-state index contributed by atoms with van der Waals surface area (Å²) < 4.78 is 34.3. The van der Waals surface area contributed by atoms with Crippen LogP contribution in [0.5, 0.6) is 0 Å². The van der Waals surface area contributed by atoms with Crippen molar-refractivity contribution in [1.29, 1.82) is 0 Å². The number of allylic oxidation sites excluding steroid dienone is 4. The summed E-state index contributed by atoms with van der Waals surface area (Å²) >= 11 is 0. The quantitative estimate of drug-likeness (QED) is 0.424. The average Bonchev–Trinajstić information content (AvgIpc) is 3.15. The number of hydrogen-bond acceptors (Lipinski definition) is 8. The van der Waals surface area contributed by atoms with Gasteiger partial charge in [-0.15, -0.1) is 0 Å². The molecule has 0 aliphatic heterocycles. The van der Waals surface area contributed by atoms with Crippen LogP contribution >= 0.6 is 0 Å². The highest BCUT2D eigenvalue weighted by atomic mass is 19.1. The predicted molar refractivity (Wildman–Crippen MR) is 154 cm³/mol. The van der Waals surface area contributed by atoms with Crippen LogP contribution in [-0.4, -0.2) is 58.9 Å². The van der Waals surface area contributed by atoms with Crippen molar-refractivity contribution >= 4 is 23.7 Å². The lowest BCUT2D eigenvalue weighted by Crippen LogP contribution is -2.70. The molecule has 3 fully saturated rings. The summed E-state index contributed by atoms with van der Waals surface area (Å²) in [6, 6.07) is 8.96.